The normalized spacial score (nSPS) is 10.4. The third kappa shape index (κ3) is 4.17. The number of rotatable bonds is 5. The van der Waals surface area contributed by atoms with E-state index in [-0.39, 0.29) is 11.7 Å². The van der Waals surface area contributed by atoms with Crippen LogP contribution in [0.15, 0.2) is 60.0 Å². The molecule has 23 heavy (non-hydrogen) atoms. The van der Waals surface area contributed by atoms with Crippen LogP contribution in [-0.4, -0.2) is 16.0 Å². The molecule has 0 aliphatic carbocycles. The second-order valence-corrected chi connectivity index (χ2v) is 6.06. The second kappa shape index (κ2) is 7.07. The average Bonchev–Trinajstić information content (AvgIpc) is 3.04. The summed E-state index contributed by atoms with van der Waals surface area (Å²) in [6, 6.07) is 16.6. The lowest BCUT2D eigenvalue weighted by molar-refractivity contribution is -0.120. The van der Waals surface area contributed by atoms with E-state index in [1.807, 2.05) is 47.8 Å². The molecule has 0 atom stereocenters. The summed E-state index contributed by atoms with van der Waals surface area (Å²) in [6.07, 6.45) is 0.372. The molecule has 0 radical (unpaired) electrons. The largest absolute Gasteiger partial charge is 0.508 e. The number of phenols is 1. The maximum Gasteiger partial charge on any atom is 0.224 e. The van der Waals surface area contributed by atoms with Crippen molar-refractivity contribution in [3.63, 3.8) is 0 Å². The van der Waals surface area contributed by atoms with Crippen LogP contribution < -0.4 is 5.32 Å². The molecule has 3 aromatic rings. The molecule has 5 heteroatoms. The van der Waals surface area contributed by atoms with Crippen molar-refractivity contribution in [1.82, 2.24) is 10.3 Å². The van der Waals surface area contributed by atoms with E-state index in [9.17, 15) is 9.90 Å². The Hall–Kier alpha value is -2.66. The highest BCUT2D eigenvalue weighted by molar-refractivity contribution is 7.09. The van der Waals surface area contributed by atoms with Gasteiger partial charge in [0.2, 0.25) is 5.91 Å². The van der Waals surface area contributed by atoms with Crippen molar-refractivity contribution in [2.75, 3.05) is 0 Å². The van der Waals surface area contributed by atoms with Crippen LogP contribution in [0.1, 0.15) is 10.6 Å². The zero-order valence-electron chi connectivity index (χ0n) is 12.4. The molecule has 0 aliphatic heterocycles. The van der Waals surface area contributed by atoms with Crippen molar-refractivity contribution >= 4 is 17.2 Å². The van der Waals surface area contributed by atoms with Gasteiger partial charge in [-0.3, -0.25) is 4.79 Å². The van der Waals surface area contributed by atoms with Gasteiger partial charge < -0.3 is 10.4 Å². The summed E-state index contributed by atoms with van der Waals surface area (Å²) in [5.41, 5.74) is 2.79. The monoisotopic (exact) mass is 324 g/mol. The molecule has 0 saturated carbocycles. The quantitative estimate of drug-likeness (QED) is 0.756. The minimum atomic E-state index is -0.0161. The third-order valence-corrected chi connectivity index (χ3v) is 4.21. The summed E-state index contributed by atoms with van der Waals surface area (Å²) in [5, 5.41) is 15.0. The van der Waals surface area contributed by atoms with Crippen LogP contribution >= 0.6 is 11.3 Å². The SMILES string of the molecule is O=C(Cc1ccccc1)NCc1nc(-c2ccc(O)cc2)cs1. The van der Waals surface area contributed by atoms with Gasteiger partial charge in [-0.05, 0) is 29.8 Å². The van der Waals surface area contributed by atoms with Crippen molar-refractivity contribution < 1.29 is 9.90 Å². The lowest BCUT2D eigenvalue weighted by atomic mass is 10.1. The first-order chi connectivity index (χ1) is 11.2. The van der Waals surface area contributed by atoms with Gasteiger partial charge in [0.05, 0.1) is 18.7 Å². The van der Waals surface area contributed by atoms with Crippen molar-refractivity contribution in [1.29, 1.82) is 0 Å². The summed E-state index contributed by atoms with van der Waals surface area (Å²) in [5.74, 6) is 0.218. The number of nitrogens with one attached hydrogen (secondary N) is 1. The minimum absolute atomic E-state index is 0.0161. The number of nitrogens with zero attached hydrogens (tertiary/aromatic N) is 1. The van der Waals surface area contributed by atoms with Gasteiger partial charge in [0.1, 0.15) is 10.8 Å². The Balaban J connectivity index is 1.57. The number of hydrogen-bond donors (Lipinski definition) is 2. The van der Waals surface area contributed by atoms with Crippen LogP contribution in [0.2, 0.25) is 0 Å². The van der Waals surface area contributed by atoms with E-state index in [4.69, 9.17) is 0 Å². The molecule has 0 fully saturated rings. The van der Waals surface area contributed by atoms with E-state index in [0.29, 0.717) is 13.0 Å². The Morgan fingerprint density at radius 3 is 2.57 bits per heavy atom. The van der Waals surface area contributed by atoms with Crippen molar-refractivity contribution in [3.05, 3.63) is 70.5 Å². The highest BCUT2D eigenvalue weighted by Crippen LogP contribution is 2.23. The number of thiazole rings is 1. The molecule has 0 saturated heterocycles. The molecule has 0 aliphatic rings. The molecule has 1 aromatic heterocycles. The first-order valence-electron chi connectivity index (χ1n) is 7.25. The van der Waals surface area contributed by atoms with Gasteiger partial charge in [-0.25, -0.2) is 4.98 Å². The van der Waals surface area contributed by atoms with Crippen molar-refractivity contribution in [3.8, 4) is 17.0 Å². The Bertz CT molecular complexity index is 782. The fourth-order valence-electron chi connectivity index (χ4n) is 2.17. The van der Waals surface area contributed by atoms with E-state index >= 15 is 0 Å². The average molecular weight is 324 g/mol. The Kier molecular flexibility index (Phi) is 4.68. The molecule has 1 amide bonds. The van der Waals surface area contributed by atoms with E-state index < -0.39 is 0 Å². The van der Waals surface area contributed by atoms with Crippen LogP contribution in [0.4, 0.5) is 0 Å². The number of hydrogen-bond acceptors (Lipinski definition) is 4. The number of phenolic OH excluding ortho intramolecular Hbond substituents is 1. The van der Waals surface area contributed by atoms with Crippen LogP contribution in [0.25, 0.3) is 11.3 Å². The lowest BCUT2D eigenvalue weighted by Crippen LogP contribution is -2.24. The minimum Gasteiger partial charge on any atom is -0.508 e. The molecule has 3 rings (SSSR count). The molecule has 0 bridgehead atoms. The number of aromatic hydroxyl groups is 1. The fourth-order valence-corrected chi connectivity index (χ4v) is 2.92. The number of aromatic nitrogens is 1. The van der Waals surface area contributed by atoms with Gasteiger partial charge in [-0.2, -0.15) is 0 Å². The second-order valence-electron chi connectivity index (χ2n) is 5.11. The first-order valence-corrected chi connectivity index (χ1v) is 8.13. The Morgan fingerprint density at radius 1 is 1.09 bits per heavy atom. The van der Waals surface area contributed by atoms with Gasteiger partial charge in [0, 0.05) is 10.9 Å². The summed E-state index contributed by atoms with van der Waals surface area (Å²) in [6.45, 7) is 0.425. The summed E-state index contributed by atoms with van der Waals surface area (Å²) in [7, 11) is 0. The topological polar surface area (TPSA) is 62.2 Å². The van der Waals surface area contributed by atoms with Crippen molar-refractivity contribution in [2.45, 2.75) is 13.0 Å². The van der Waals surface area contributed by atoms with Crippen LogP contribution in [0.5, 0.6) is 5.75 Å². The molecule has 1 heterocycles. The molecule has 2 aromatic carbocycles. The van der Waals surface area contributed by atoms with E-state index in [0.717, 1.165) is 21.8 Å². The molecule has 0 spiro atoms. The lowest BCUT2D eigenvalue weighted by Gasteiger charge is -2.03. The standard InChI is InChI=1S/C18H16N2O2S/c21-15-8-6-14(7-9-15)16-12-23-18(20-16)11-19-17(22)10-13-4-2-1-3-5-13/h1-9,12,21H,10-11H2,(H,19,22). The maximum atomic E-state index is 11.9. The first kappa shape index (κ1) is 15.2. The van der Waals surface area contributed by atoms with Crippen LogP contribution in [0, 0.1) is 0 Å². The summed E-state index contributed by atoms with van der Waals surface area (Å²) >= 11 is 1.51. The zero-order valence-corrected chi connectivity index (χ0v) is 13.2. The maximum absolute atomic E-state index is 11.9. The predicted octanol–water partition coefficient (Wildman–Crippen LogP) is 3.37. The zero-order chi connectivity index (χ0) is 16.1. The van der Waals surface area contributed by atoms with Crippen molar-refractivity contribution in [2.24, 2.45) is 0 Å². The fraction of sp³-hybridized carbons (Fsp3) is 0.111. The van der Waals surface area contributed by atoms with E-state index in [1.54, 1.807) is 12.1 Å². The van der Waals surface area contributed by atoms with Gasteiger partial charge >= 0.3 is 0 Å². The van der Waals surface area contributed by atoms with Gasteiger partial charge in [-0.15, -0.1) is 11.3 Å². The van der Waals surface area contributed by atoms with E-state index in [2.05, 4.69) is 10.3 Å². The molecule has 4 nitrogen and oxygen atoms in total. The van der Waals surface area contributed by atoms with E-state index in [1.165, 1.54) is 11.3 Å². The Morgan fingerprint density at radius 2 is 1.83 bits per heavy atom. The number of carbonyl (C=O) groups excluding carboxylic acids is 1. The van der Waals surface area contributed by atoms with Crippen LogP contribution in [-0.2, 0) is 17.8 Å². The highest BCUT2D eigenvalue weighted by Gasteiger charge is 2.07. The third-order valence-electron chi connectivity index (χ3n) is 3.36. The molecule has 2 N–H and O–H groups in total. The van der Waals surface area contributed by atoms with Gasteiger partial charge in [0.25, 0.3) is 0 Å². The number of carbonyl (C=O) groups is 1. The smallest absolute Gasteiger partial charge is 0.224 e. The number of benzene rings is 2. The summed E-state index contributed by atoms with van der Waals surface area (Å²) < 4.78 is 0. The van der Waals surface area contributed by atoms with Gasteiger partial charge in [-0.1, -0.05) is 30.3 Å². The molecule has 0 unspecified atom stereocenters. The molecular weight excluding hydrogens is 308 g/mol. The Labute approximate surface area is 138 Å². The number of amides is 1. The molecule has 116 valence electrons. The van der Waals surface area contributed by atoms with Gasteiger partial charge in [0.15, 0.2) is 0 Å². The highest BCUT2D eigenvalue weighted by atomic mass is 32.1. The predicted molar refractivity (Wildman–Crippen MR) is 91.2 cm³/mol. The molecular formula is C18H16N2O2S. The van der Waals surface area contributed by atoms with Crippen LogP contribution in [0.3, 0.4) is 0 Å². The summed E-state index contributed by atoms with van der Waals surface area (Å²) in [4.78, 5) is 16.4.